The standard InChI is InChI=1S/C19H22N2O3/c1-13-5-6-14(2)19(15(13)3)24-12-18(22)21-20-11-16-7-9-17(23-4)10-8-16/h5-11H,12H2,1-4H3,(H,21,22). The zero-order valence-electron chi connectivity index (χ0n) is 14.4. The quantitative estimate of drug-likeness (QED) is 0.655. The molecule has 0 heterocycles. The second-order valence-electron chi connectivity index (χ2n) is 5.51. The summed E-state index contributed by atoms with van der Waals surface area (Å²) in [5.41, 5.74) is 6.51. The van der Waals surface area contributed by atoms with Gasteiger partial charge in [-0.15, -0.1) is 0 Å². The zero-order valence-corrected chi connectivity index (χ0v) is 14.4. The Morgan fingerprint density at radius 3 is 2.42 bits per heavy atom. The van der Waals surface area contributed by atoms with Crippen molar-refractivity contribution in [2.24, 2.45) is 5.10 Å². The van der Waals surface area contributed by atoms with Crippen molar-refractivity contribution in [3.8, 4) is 11.5 Å². The molecule has 0 radical (unpaired) electrons. The first-order valence-corrected chi connectivity index (χ1v) is 7.67. The van der Waals surface area contributed by atoms with Gasteiger partial charge in [0.25, 0.3) is 5.91 Å². The molecule has 24 heavy (non-hydrogen) atoms. The lowest BCUT2D eigenvalue weighted by atomic mass is 10.1. The van der Waals surface area contributed by atoms with E-state index >= 15 is 0 Å². The molecule has 126 valence electrons. The number of methoxy groups -OCH3 is 1. The van der Waals surface area contributed by atoms with Gasteiger partial charge >= 0.3 is 0 Å². The lowest BCUT2D eigenvalue weighted by molar-refractivity contribution is -0.123. The molecule has 2 aromatic rings. The molecule has 0 saturated heterocycles. The average molecular weight is 326 g/mol. The maximum atomic E-state index is 11.8. The van der Waals surface area contributed by atoms with Gasteiger partial charge in [-0.1, -0.05) is 12.1 Å². The van der Waals surface area contributed by atoms with Crippen molar-refractivity contribution in [3.05, 3.63) is 58.7 Å². The summed E-state index contributed by atoms with van der Waals surface area (Å²) in [6.07, 6.45) is 1.57. The summed E-state index contributed by atoms with van der Waals surface area (Å²) in [5, 5.41) is 3.93. The SMILES string of the molecule is COc1ccc(C=NNC(=O)COc2c(C)ccc(C)c2C)cc1. The minimum atomic E-state index is -0.305. The number of carbonyl (C=O) groups excluding carboxylic acids is 1. The van der Waals surface area contributed by atoms with Crippen LogP contribution in [0.1, 0.15) is 22.3 Å². The minimum Gasteiger partial charge on any atom is -0.497 e. The molecule has 0 fully saturated rings. The summed E-state index contributed by atoms with van der Waals surface area (Å²) in [4.78, 5) is 11.8. The normalized spacial score (nSPS) is 10.7. The molecular formula is C19H22N2O3. The van der Waals surface area contributed by atoms with Crippen LogP contribution in [0.15, 0.2) is 41.5 Å². The van der Waals surface area contributed by atoms with E-state index in [4.69, 9.17) is 9.47 Å². The minimum absolute atomic E-state index is 0.0783. The molecular weight excluding hydrogens is 304 g/mol. The van der Waals surface area contributed by atoms with E-state index in [1.807, 2.05) is 57.2 Å². The van der Waals surface area contributed by atoms with Crippen molar-refractivity contribution in [1.29, 1.82) is 0 Å². The smallest absolute Gasteiger partial charge is 0.277 e. The van der Waals surface area contributed by atoms with Crippen molar-refractivity contribution < 1.29 is 14.3 Å². The molecule has 0 spiro atoms. The summed E-state index contributed by atoms with van der Waals surface area (Å²) >= 11 is 0. The monoisotopic (exact) mass is 326 g/mol. The fraction of sp³-hybridized carbons (Fsp3) is 0.263. The Bertz CT molecular complexity index is 737. The van der Waals surface area contributed by atoms with Crippen LogP contribution in [0.25, 0.3) is 0 Å². The molecule has 0 aliphatic rings. The van der Waals surface area contributed by atoms with Gasteiger partial charge in [0.05, 0.1) is 13.3 Å². The highest BCUT2D eigenvalue weighted by Crippen LogP contribution is 2.25. The summed E-state index contributed by atoms with van der Waals surface area (Å²) in [5.74, 6) is 1.22. The van der Waals surface area contributed by atoms with Crippen LogP contribution in [0.3, 0.4) is 0 Å². The van der Waals surface area contributed by atoms with E-state index in [-0.39, 0.29) is 12.5 Å². The third-order valence-corrected chi connectivity index (χ3v) is 3.74. The molecule has 0 unspecified atom stereocenters. The number of hydrogen-bond acceptors (Lipinski definition) is 4. The number of ether oxygens (including phenoxy) is 2. The molecule has 0 atom stereocenters. The number of benzene rings is 2. The molecule has 0 bridgehead atoms. The number of hydrogen-bond donors (Lipinski definition) is 1. The first kappa shape index (κ1) is 17.5. The fourth-order valence-electron chi connectivity index (χ4n) is 2.19. The Balaban J connectivity index is 1.87. The van der Waals surface area contributed by atoms with Crippen LogP contribution in [0.5, 0.6) is 11.5 Å². The van der Waals surface area contributed by atoms with Gasteiger partial charge in [-0.3, -0.25) is 4.79 Å². The number of amides is 1. The predicted octanol–water partition coefficient (Wildman–Crippen LogP) is 3.15. The van der Waals surface area contributed by atoms with Gasteiger partial charge in [-0.2, -0.15) is 5.10 Å². The van der Waals surface area contributed by atoms with Gasteiger partial charge in [0.2, 0.25) is 0 Å². The Morgan fingerprint density at radius 1 is 1.08 bits per heavy atom. The van der Waals surface area contributed by atoms with E-state index < -0.39 is 0 Å². The predicted molar refractivity (Wildman–Crippen MR) is 94.9 cm³/mol. The van der Waals surface area contributed by atoms with E-state index in [2.05, 4.69) is 10.5 Å². The zero-order chi connectivity index (χ0) is 17.5. The summed E-state index contributed by atoms with van der Waals surface area (Å²) < 4.78 is 10.7. The molecule has 1 N–H and O–H groups in total. The molecule has 2 aromatic carbocycles. The number of nitrogens with zero attached hydrogens (tertiary/aromatic N) is 1. The summed E-state index contributed by atoms with van der Waals surface area (Å²) in [6, 6.07) is 11.4. The van der Waals surface area contributed by atoms with E-state index in [9.17, 15) is 4.79 Å². The largest absolute Gasteiger partial charge is 0.497 e. The highest BCUT2D eigenvalue weighted by atomic mass is 16.5. The van der Waals surface area contributed by atoms with Crippen molar-refractivity contribution in [2.75, 3.05) is 13.7 Å². The topological polar surface area (TPSA) is 59.9 Å². The molecule has 5 nitrogen and oxygen atoms in total. The molecule has 5 heteroatoms. The Hall–Kier alpha value is -2.82. The maximum Gasteiger partial charge on any atom is 0.277 e. The molecule has 0 aliphatic heterocycles. The lowest BCUT2D eigenvalue weighted by Crippen LogP contribution is -2.25. The fourth-order valence-corrected chi connectivity index (χ4v) is 2.19. The van der Waals surface area contributed by atoms with Crippen molar-refractivity contribution in [1.82, 2.24) is 5.43 Å². The van der Waals surface area contributed by atoms with E-state index in [0.717, 1.165) is 33.8 Å². The average Bonchev–Trinajstić information content (AvgIpc) is 2.59. The third-order valence-electron chi connectivity index (χ3n) is 3.74. The number of aryl methyl sites for hydroxylation is 2. The van der Waals surface area contributed by atoms with E-state index in [1.165, 1.54) is 0 Å². The van der Waals surface area contributed by atoms with E-state index in [0.29, 0.717) is 0 Å². The van der Waals surface area contributed by atoms with Gasteiger partial charge in [0, 0.05) is 0 Å². The number of rotatable bonds is 6. The number of nitrogens with one attached hydrogen (secondary N) is 1. The van der Waals surface area contributed by atoms with E-state index in [1.54, 1.807) is 13.3 Å². The maximum absolute atomic E-state index is 11.8. The van der Waals surface area contributed by atoms with Crippen LogP contribution in [-0.4, -0.2) is 25.8 Å². The highest BCUT2D eigenvalue weighted by Gasteiger charge is 2.08. The van der Waals surface area contributed by atoms with Gasteiger partial charge in [0.1, 0.15) is 11.5 Å². The second-order valence-corrected chi connectivity index (χ2v) is 5.51. The summed E-state index contributed by atoms with van der Waals surface area (Å²) in [7, 11) is 1.61. The molecule has 0 saturated carbocycles. The second kappa shape index (κ2) is 8.15. The molecule has 2 rings (SSSR count). The summed E-state index contributed by atoms with van der Waals surface area (Å²) in [6.45, 7) is 5.88. The van der Waals surface area contributed by atoms with Crippen LogP contribution in [0.2, 0.25) is 0 Å². The van der Waals surface area contributed by atoms with Gasteiger partial charge < -0.3 is 9.47 Å². The van der Waals surface area contributed by atoms with Crippen molar-refractivity contribution in [2.45, 2.75) is 20.8 Å². The van der Waals surface area contributed by atoms with Crippen LogP contribution in [0, 0.1) is 20.8 Å². The first-order chi connectivity index (χ1) is 11.5. The number of carbonyl (C=O) groups is 1. The Kier molecular flexibility index (Phi) is 5.95. The number of hydrazone groups is 1. The van der Waals surface area contributed by atoms with Crippen LogP contribution in [-0.2, 0) is 4.79 Å². The van der Waals surface area contributed by atoms with Gasteiger partial charge in [-0.25, -0.2) is 5.43 Å². The molecule has 0 aromatic heterocycles. The third kappa shape index (κ3) is 4.59. The first-order valence-electron chi connectivity index (χ1n) is 7.67. The lowest BCUT2D eigenvalue weighted by Gasteiger charge is -2.13. The molecule has 1 amide bonds. The van der Waals surface area contributed by atoms with Crippen molar-refractivity contribution >= 4 is 12.1 Å². The van der Waals surface area contributed by atoms with Crippen LogP contribution < -0.4 is 14.9 Å². The van der Waals surface area contributed by atoms with Crippen LogP contribution >= 0.6 is 0 Å². The van der Waals surface area contributed by atoms with Crippen LogP contribution in [0.4, 0.5) is 0 Å². The Labute approximate surface area is 142 Å². The van der Waals surface area contributed by atoms with Crippen molar-refractivity contribution in [3.63, 3.8) is 0 Å². The highest BCUT2D eigenvalue weighted by molar-refractivity contribution is 5.83. The van der Waals surface area contributed by atoms with Gasteiger partial charge in [0.15, 0.2) is 6.61 Å². The molecule has 0 aliphatic carbocycles. The van der Waals surface area contributed by atoms with Gasteiger partial charge in [-0.05, 0) is 67.3 Å². The Morgan fingerprint density at radius 2 is 1.75 bits per heavy atom.